The lowest BCUT2D eigenvalue weighted by molar-refractivity contribution is 0.0602. The van der Waals surface area contributed by atoms with Gasteiger partial charge in [0.1, 0.15) is 18.2 Å². The Bertz CT molecular complexity index is 1100. The number of hydrogen-bond acceptors (Lipinski definition) is 5. The van der Waals surface area contributed by atoms with E-state index in [2.05, 4.69) is 4.98 Å². The minimum Gasteiger partial charge on any atom is -0.497 e. The number of methoxy groups -OCH3 is 1. The Morgan fingerprint density at radius 1 is 1.00 bits per heavy atom. The molecule has 1 aliphatic heterocycles. The molecule has 0 unspecified atom stereocenters. The molecule has 0 aliphatic carbocycles. The monoisotopic (exact) mass is 349 g/mol. The lowest BCUT2D eigenvalue weighted by Gasteiger charge is -2.18. The second kappa shape index (κ2) is 5.80. The number of carbonyl (C=O) groups is 2. The summed E-state index contributed by atoms with van der Waals surface area (Å²) in [5.41, 5.74) is 0.895. The highest BCUT2D eigenvalue weighted by Crippen LogP contribution is 2.23. The highest BCUT2D eigenvalue weighted by atomic mass is 16.5. The molecule has 2 heterocycles. The third-order valence-corrected chi connectivity index (χ3v) is 4.51. The topological polar surface area (TPSA) is 81.5 Å². The minimum atomic E-state index is -0.414. The number of nitrogens with zero attached hydrogens (tertiary/aromatic N) is 3. The lowest BCUT2D eigenvalue weighted by atomic mass is 10.1. The zero-order valence-corrected chi connectivity index (χ0v) is 14.2. The van der Waals surface area contributed by atoms with Crippen molar-refractivity contribution in [2.45, 2.75) is 13.6 Å². The first-order chi connectivity index (χ1) is 12.5. The highest BCUT2D eigenvalue weighted by Gasteiger charge is 2.35. The van der Waals surface area contributed by atoms with Gasteiger partial charge in [0.2, 0.25) is 0 Å². The van der Waals surface area contributed by atoms with Gasteiger partial charge in [-0.1, -0.05) is 12.1 Å². The number of aryl methyl sites for hydroxylation is 1. The molecule has 26 heavy (non-hydrogen) atoms. The van der Waals surface area contributed by atoms with E-state index in [-0.39, 0.29) is 12.2 Å². The summed E-state index contributed by atoms with van der Waals surface area (Å²) in [6, 6.07) is 11.6. The zero-order chi connectivity index (χ0) is 18.4. The smallest absolute Gasteiger partial charge is 0.263 e. The summed E-state index contributed by atoms with van der Waals surface area (Å²) in [7, 11) is 1.51. The average Bonchev–Trinajstić information content (AvgIpc) is 2.89. The number of rotatable bonds is 3. The summed E-state index contributed by atoms with van der Waals surface area (Å²) >= 11 is 0. The van der Waals surface area contributed by atoms with Gasteiger partial charge in [-0.2, -0.15) is 0 Å². The number of benzene rings is 2. The number of carbonyl (C=O) groups excluding carboxylic acids is 2. The quantitative estimate of drug-likeness (QED) is 0.675. The van der Waals surface area contributed by atoms with E-state index in [4.69, 9.17) is 4.74 Å². The standard InChI is InChI=1S/C19H15N3O4/c1-11-20-16-8-7-12(26-2)9-15(16)19(25)21(11)10-22-17(23)13-5-3-4-6-14(13)18(22)24/h3-9H,10H2,1-2H3. The van der Waals surface area contributed by atoms with Crippen molar-refractivity contribution in [3.8, 4) is 5.75 Å². The second-order valence-corrected chi connectivity index (χ2v) is 6.00. The van der Waals surface area contributed by atoms with Gasteiger partial charge in [-0.3, -0.25) is 23.9 Å². The molecule has 0 bridgehead atoms. The van der Waals surface area contributed by atoms with E-state index >= 15 is 0 Å². The van der Waals surface area contributed by atoms with Gasteiger partial charge in [0.25, 0.3) is 17.4 Å². The Balaban J connectivity index is 1.80. The van der Waals surface area contributed by atoms with Crippen LogP contribution in [0, 0.1) is 6.92 Å². The predicted octanol–water partition coefficient (Wildman–Crippen LogP) is 1.97. The number of ether oxygens (including phenoxy) is 1. The van der Waals surface area contributed by atoms with Gasteiger partial charge in [-0.05, 0) is 37.3 Å². The molecule has 3 aromatic rings. The summed E-state index contributed by atoms with van der Waals surface area (Å²) in [5.74, 6) is 0.127. The van der Waals surface area contributed by atoms with Crippen molar-refractivity contribution in [3.05, 3.63) is 69.8 Å². The third kappa shape index (κ3) is 2.28. The molecule has 0 spiro atoms. The van der Waals surface area contributed by atoms with Crippen LogP contribution < -0.4 is 10.3 Å². The first-order valence-electron chi connectivity index (χ1n) is 8.01. The molecule has 0 N–H and O–H groups in total. The summed E-state index contributed by atoms with van der Waals surface area (Å²) in [6.07, 6.45) is 0. The molecule has 0 saturated heterocycles. The Morgan fingerprint density at radius 2 is 1.65 bits per heavy atom. The van der Waals surface area contributed by atoms with Crippen molar-refractivity contribution >= 4 is 22.7 Å². The van der Waals surface area contributed by atoms with Crippen molar-refractivity contribution in [1.82, 2.24) is 14.5 Å². The van der Waals surface area contributed by atoms with E-state index in [9.17, 15) is 14.4 Å². The van der Waals surface area contributed by atoms with Crippen molar-refractivity contribution < 1.29 is 14.3 Å². The molecule has 2 aromatic carbocycles. The van der Waals surface area contributed by atoms with Crippen molar-refractivity contribution in [2.75, 3.05) is 7.11 Å². The largest absolute Gasteiger partial charge is 0.497 e. The van der Waals surface area contributed by atoms with Crippen LogP contribution in [0.5, 0.6) is 5.75 Å². The van der Waals surface area contributed by atoms with E-state index in [1.807, 2.05) is 0 Å². The molecule has 0 fully saturated rings. The maximum atomic E-state index is 12.9. The molecule has 2 amide bonds. The summed E-state index contributed by atoms with van der Waals surface area (Å²) in [6.45, 7) is 1.49. The fraction of sp³-hybridized carbons (Fsp3) is 0.158. The van der Waals surface area contributed by atoms with Crippen LogP contribution in [0.4, 0.5) is 0 Å². The Kier molecular flexibility index (Phi) is 3.57. The number of hydrogen-bond donors (Lipinski definition) is 0. The van der Waals surface area contributed by atoms with Crippen molar-refractivity contribution in [1.29, 1.82) is 0 Å². The molecule has 1 aromatic heterocycles. The van der Waals surface area contributed by atoms with Gasteiger partial charge < -0.3 is 4.74 Å². The lowest BCUT2D eigenvalue weighted by Crippen LogP contribution is -2.37. The SMILES string of the molecule is COc1ccc2nc(C)n(CN3C(=O)c4ccccc4C3=O)c(=O)c2c1. The Morgan fingerprint density at radius 3 is 2.27 bits per heavy atom. The summed E-state index contributed by atoms with van der Waals surface area (Å²) in [4.78, 5) is 43.5. The summed E-state index contributed by atoms with van der Waals surface area (Å²) in [5, 5.41) is 0.367. The van der Waals surface area contributed by atoms with E-state index in [0.29, 0.717) is 33.6 Å². The molecule has 7 nitrogen and oxygen atoms in total. The molecule has 1 aliphatic rings. The first-order valence-corrected chi connectivity index (χ1v) is 8.01. The van der Waals surface area contributed by atoms with Crippen LogP contribution in [-0.4, -0.2) is 33.4 Å². The van der Waals surface area contributed by atoms with Crippen molar-refractivity contribution in [2.24, 2.45) is 0 Å². The number of imide groups is 1. The fourth-order valence-electron chi connectivity index (χ4n) is 3.11. The number of fused-ring (bicyclic) bond motifs is 2. The number of aromatic nitrogens is 2. The maximum absolute atomic E-state index is 12.9. The van der Waals surface area contributed by atoms with Crippen LogP contribution in [0.1, 0.15) is 26.5 Å². The van der Waals surface area contributed by atoms with Crippen LogP contribution in [0.15, 0.2) is 47.3 Å². The molecule has 0 atom stereocenters. The summed E-state index contributed by atoms with van der Waals surface area (Å²) < 4.78 is 6.49. The van der Waals surface area contributed by atoms with E-state index in [0.717, 1.165) is 4.90 Å². The Hall–Kier alpha value is -3.48. The molecular weight excluding hydrogens is 334 g/mol. The number of amides is 2. The normalized spacial score (nSPS) is 13.4. The molecule has 7 heteroatoms. The molecule has 0 radical (unpaired) electrons. The van der Waals surface area contributed by atoms with Crippen LogP contribution in [0.2, 0.25) is 0 Å². The second-order valence-electron chi connectivity index (χ2n) is 6.00. The molecule has 4 rings (SSSR count). The first kappa shape index (κ1) is 16.0. The van der Waals surface area contributed by atoms with Crippen LogP contribution >= 0.6 is 0 Å². The zero-order valence-electron chi connectivity index (χ0n) is 14.2. The minimum absolute atomic E-state index is 0.183. The predicted molar refractivity (Wildman–Crippen MR) is 94.2 cm³/mol. The van der Waals surface area contributed by atoms with Gasteiger partial charge >= 0.3 is 0 Å². The van der Waals surface area contributed by atoms with E-state index in [1.165, 1.54) is 11.7 Å². The third-order valence-electron chi connectivity index (χ3n) is 4.51. The van der Waals surface area contributed by atoms with Gasteiger partial charge in [0.05, 0.1) is 29.1 Å². The van der Waals surface area contributed by atoms with Crippen LogP contribution in [0.25, 0.3) is 10.9 Å². The van der Waals surface area contributed by atoms with Gasteiger partial charge in [-0.25, -0.2) is 4.98 Å². The fourth-order valence-corrected chi connectivity index (χ4v) is 3.11. The maximum Gasteiger partial charge on any atom is 0.263 e. The van der Waals surface area contributed by atoms with E-state index < -0.39 is 11.8 Å². The molecule has 0 saturated carbocycles. The van der Waals surface area contributed by atoms with Crippen LogP contribution in [-0.2, 0) is 6.67 Å². The van der Waals surface area contributed by atoms with Crippen LogP contribution in [0.3, 0.4) is 0 Å². The molecular formula is C19H15N3O4. The van der Waals surface area contributed by atoms with Crippen molar-refractivity contribution in [3.63, 3.8) is 0 Å². The highest BCUT2D eigenvalue weighted by molar-refractivity contribution is 6.21. The van der Waals surface area contributed by atoms with Gasteiger partial charge in [-0.15, -0.1) is 0 Å². The average molecular weight is 349 g/mol. The Labute approximate surface area is 148 Å². The molecule has 130 valence electrons. The van der Waals surface area contributed by atoms with E-state index in [1.54, 1.807) is 49.4 Å². The van der Waals surface area contributed by atoms with Gasteiger partial charge in [0, 0.05) is 0 Å². The van der Waals surface area contributed by atoms with Gasteiger partial charge in [0.15, 0.2) is 0 Å².